The number of rotatable bonds is 3. The van der Waals surface area contributed by atoms with Crippen LogP contribution < -0.4 is 15.5 Å². The molecule has 2 N–H and O–H groups in total. The number of halogens is 2. The van der Waals surface area contributed by atoms with Crippen molar-refractivity contribution in [3.05, 3.63) is 64.2 Å². The van der Waals surface area contributed by atoms with Crippen LogP contribution >= 0.6 is 24.0 Å². The Hall–Kier alpha value is -2.28. The molecular formula is C21H24Cl2N4O2. The highest BCUT2D eigenvalue weighted by Gasteiger charge is 2.31. The van der Waals surface area contributed by atoms with Crippen LogP contribution in [0.4, 0.5) is 10.5 Å². The van der Waals surface area contributed by atoms with Gasteiger partial charge in [-0.15, -0.1) is 12.4 Å². The summed E-state index contributed by atoms with van der Waals surface area (Å²) in [5, 5.41) is 6.84. The first-order chi connectivity index (χ1) is 13.6. The molecule has 4 rings (SSSR count). The maximum atomic E-state index is 13.5. The van der Waals surface area contributed by atoms with E-state index in [1.54, 1.807) is 4.90 Å². The molecule has 2 aromatic rings. The van der Waals surface area contributed by atoms with E-state index in [1.807, 2.05) is 54.3 Å². The van der Waals surface area contributed by atoms with Crippen LogP contribution in [-0.2, 0) is 0 Å². The molecule has 0 saturated carbocycles. The summed E-state index contributed by atoms with van der Waals surface area (Å²) in [7, 11) is 0. The first kappa shape index (κ1) is 21.4. The second kappa shape index (κ2) is 9.03. The van der Waals surface area contributed by atoms with E-state index < -0.39 is 0 Å². The number of amides is 3. The van der Waals surface area contributed by atoms with E-state index >= 15 is 0 Å². The lowest BCUT2D eigenvalue weighted by Crippen LogP contribution is -2.48. The third-order valence-corrected chi connectivity index (χ3v) is 5.66. The van der Waals surface area contributed by atoms with E-state index in [4.69, 9.17) is 11.6 Å². The Bertz CT molecular complexity index is 921. The van der Waals surface area contributed by atoms with Crippen molar-refractivity contribution in [3.8, 4) is 0 Å². The number of benzene rings is 2. The van der Waals surface area contributed by atoms with Crippen molar-refractivity contribution in [3.63, 3.8) is 0 Å². The Kier molecular flexibility index (Phi) is 6.67. The summed E-state index contributed by atoms with van der Waals surface area (Å²) in [5.41, 5.74) is 3.26. The smallest absolute Gasteiger partial charge is 0.322 e. The van der Waals surface area contributed by atoms with Gasteiger partial charge in [0.25, 0.3) is 5.91 Å². The van der Waals surface area contributed by atoms with Crippen LogP contribution in [0.15, 0.2) is 42.5 Å². The van der Waals surface area contributed by atoms with Crippen LogP contribution in [0.25, 0.3) is 0 Å². The van der Waals surface area contributed by atoms with Crippen LogP contribution in [0.1, 0.15) is 27.5 Å². The number of hydrogen-bond acceptors (Lipinski definition) is 3. The highest BCUT2D eigenvalue weighted by molar-refractivity contribution is 6.30. The lowest BCUT2D eigenvalue weighted by molar-refractivity contribution is 0.0633. The fourth-order valence-corrected chi connectivity index (χ4v) is 4.16. The fraction of sp³-hybridized carbons (Fsp3) is 0.333. The highest BCUT2D eigenvalue weighted by Crippen LogP contribution is 2.30. The van der Waals surface area contributed by atoms with Gasteiger partial charge >= 0.3 is 6.03 Å². The maximum absolute atomic E-state index is 13.5. The quantitative estimate of drug-likeness (QED) is 0.777. The molecule has 0 spiro atoms. The molecule has 154 valence electrons. The number of piperazine rings is 1. The molecular weight excluding hydrogens is 411 g/mol. The summed E-state index contributed by atoms with van der Waals surface area (Å²) in [6, 6.07) is 13.0. The molecule has 0 aromatic heterocycles. The van der Waals surface area contributed by atoms with Crippen LogP contribution in [-0.4, -0.2) is 49.6 Å². The van der Waals surface area contributed by atoms with Crippen molar-refractivity contribution in [1.29, 1.82) is 0 Å². The number of hydrogen-bond donors (Lipinski definition) is 2. The van der Waals surface area contributed by atoms with E-state index in [9.17, 15) is 9.59 Å². The standard InChI is InChI=1S/C21H23ClN4O2.ClH/c1-14-17(6-3-7-18(14)26-11-9-24-21(26)28)20(27)25-10-8-23-13-19(25)15-4-2-5-16(22)12-15;/h2-7,12,19,23H,8-11,13H2,1H3,(H,24,28);1H. The minimum Gasteiger partial charge on any atom is -0.336 e. The van der Waals surface area contributed by atoms with Gasteiger partial charge in [0.05, 0.1) is 6.04 Å². The molecule has 2 heterocycles. The Morgan fingerprint density at radius 2 is 1.93 bits per heavy atom. The molecule has 2 aliphatic rings. The van der Waals surface area contributed by atoms with Crippen LogP contribution in [0, 0.1) is 6.92 Å². The highest BCUT2D eigenvalue weighted by atomic mass is 35.5. The van der Waals surface area contributed by atoms with E-state index in [-0.39, 0.29) is 30.4 Å². The van der Waals surface area contributed by atoms with Crippen LogP contribution in [0.5, 0.6) is 0 Å². The van der Waals surface area contributed by atoms with Crippen molar-refractivity contribution >= 4 is 41.6 Å². The predicted molar refractivity (Wildman–Crippen MR) is 117 cm³/mol. The largest absolute Gasteiger partial charge is 0.336 e. The van der Waals surface area contributed by atoms with Gasteiger partial charge in [-0.25, -0.2) is 4.79 Å². The van der Waals surface area contributed by atoms with Crippen LogP contribution in [0.2, 0.25) is 5.02 Å². The van der Waals surface area contributed by atoms with Gasteiger partial charge < -0.3 is 15.5 Å². The number of anilines is 1. The molecule has 0 aliphatic carbocycles. The average Bonchev–Trinajstić information content (AvgIpc) is 3.13. The predicted octanol–water partition coefficient (Wildman–Crippen LogP) is 3.39. The summed E-state index contributed by atoms with van der Waals surface area (Å²) < 4.78 is 0. The van der Waals surface area contributed by atoms with Gasteiger partial charge in [0.2, 0.25) is 0 Å². The molecule has 3 amide bonds. The zero-order valence-corrected chi connectivity index (χ0v) is 17.7. The first-order valence-electron chi connectivity index (χ1n) is 9.48. The number of nitrogens with zero attached hydrogens (tertiary/aromatic N) is 2. The minimum atomic E-state index is -0.119. The maximum Gasteiger partial charge on any atom is 0.322 e. The Morgan fingerprint density at radius 3 is 2.66 bits per heavy atom. The van der Waals surface area contributed by atoms with E-state index in [1.165, 1.54) is 0 Å². The molecule has 0 radical (unpaired) electrons. The second-order valence-corrected chi connectivity index (χ2v) is 7.54. The van der Waals surface area contributed by atoms with Gasteiger partial charge in [-0.3, -0.25) is 9.69 Å². The Labute approximate surface area is 181 Å². The van der Waals surface area contributed by atoms with E-state index in [0.29, 0.717) is 36.8 Å². The fourth-order valence-electron chi connectivity index (χ4n) is 3.96. The summed E-state index contributed by atoms with van der Waals surface area (Å²) in [4.78, 5) is 29.2. The molecule has 1 unspecified atom stereocenters. The summed E-state index contributed by atoms with van der Waals surface area (Å²) in [6.45, 7) is 5.17. The number of carbonyl (C=O) groups is 2. The lowest BCUT2D eigenvalue weighted by atomic mass is 9.99. The number of carbonyl (C=O) groups excluding carboxylic acids is 2. The molecule has 2 saturated heterocycles. The zero-order chi connectivity index (χ0) is 19.7. The summed E-state index contributed by atoms with van der Waals surface area (Å²) in [6.07, 6.45) is 0. The average molecular weight is 435 g/mol. The normalized spacial score (nSPS) is 19.0. The zero-order valence-electron chi connectivity index (χ0n) is 16.2. The van der Waals surface area contributed by atoms with Gasteiger partial charge in [-0.1, -0.05) is 29.8 Å². The molecule has 8 heteroatoms. The summed E-state index contributed by atoms with van der Waals surface area (Å²) in [5.74, 6) is -0.0227. The number of urea groups is 1. The molecule has 1 atom stereocenters. The van der Waals surface area contributed by atoms with Crippen molar-refractivity contribution < 1.29 is 9.59 Å². The van der Waals surface area contributed by atoms with Crippen LogP contribution in [0.3, 0.4) is 0 Å². The first-order valence-corrected chi connectivity index (χ1v) is 9.86. The molecule has 0 bridgehead atoms. The Morgan fingerprint density at radius 1 is 1.14 bits per heavy atom. The topological polar surface area (TPSA) is 64.7 Å². The van der Waals surface area contributed by atoms with Gasteiger partial charge in [0.15, 0.2) is 0 Å². The van der Waals surface area contributed by atoms with E-state index in [0.717, 1.165) is 23.4 Å². The third-order valence-electron chi connectivity index (χ3n) is 5.42. The second-order valence-electron chi connectivity index (χ2n) is 7.11. The molecule has 29 heavy (non-hydrogen) atoms. The van der Waals surface area contributed by atoms with Crippen molar-refractivity contribution in [1.82, 2.24) is 15.5 Å². The SMILES string of the molecule is Cc1c(C(=O)N2CCNCC2c2cccc(Cl)c2)cccc1N1CCNC1=O.Cl. The van der Waals surface area contributed by atoms with Gasteiger partial charge in [0.1, 0.15) is 0 Å². The third kappa shape index (κ3) is 4.20. The molecule has 2 aliphatic heterocycles. The van der Waals surface area contributed by atoms with Gasteiger partial charge in [0, 0.05) is 49.0 Å². The van der Waals surface area contributed by atoms with Gasteiger partial charge in [-0.2, -0.15) is 0 Å². The molecule has 2 aromatic carbocycles. The molecule has 6 nitrogen and oxygen atoms in total. The minimum absolute atomic E-state index is 0. The lowest BCUT2D eigenvalue weighted by Gasteiger charge is -2.37. The van der Waals surface area contributed by atoms with E-state index in [2.05, 4.69) is 10.6 Å². The molecule has 2 fully saturated rings. The number of nitrogens with one attached hydrogen (secondary N) is 2. The monoisotopic (exact) mass is 434 g/mol. The Balaban J connectivity index is 0.00000240. The summed E-state index contributed by atoms with van der Waals surface area (Å²) >= 11 is 6.17. The van der Waals surface area contributed by atoms with Gasteiger partial charge in [-0.05, 0) is 42.3 Å². The van der Waals surface area contributed by atoms with Crippen molar-refractivity contribution in [2.24, 2.45) is 0 Å². The van der Waals surface area contributed by atoms with Crippen molar-refractivity contribution in [2.45, 2.75) is 13.0 Å². The van der Waals surface area contributed by atoms with Crippen molar-refractivity contribution in [2.75, 3.05) is 37.6 Å².